The van der Waals surface area contributed by atoms with Crippen LogP contribution in [-0.2, 0) is 21.2 Å². The van der Waals surface area contributed by atoms with E-state index in [1.807, 2.05) is 39.2 Å². The van der Waals surface area contributed by atoms with Crippen molar-refractivity contribution in [2.24, 2.45) is 0 Å². The predicted octanol–water partition coefficient (Wildman–Crippen LogP) is 2.44. The second kappa shape index (κ2) is 9.73. The number of carbonyl (C=O) groups is 1. The second-order valence-corrected chi connectivity index (χ2v) is 10.0. The van der Waals surface area contributed by atoms with E-state index in [1.165, 1.54) is 9.87 Å². The van der Waals surface area contributed by atoms with Crippen LogP contribution < -0.4 is 5.32 Å². The van der Waals surface area contributed by atoms with Crippen molar-refractivity contribution in [2.45, 2.75) is 43.2 Å². The number of benzene rings is 2. The molecule has 0 radical (unpaired) electrons. The molecule has 1 amide bonds. The third-order valence-corrected chi connectivity index (χ3v) is 7.61. The third kappa shape index (κ3) is 5.28. The van der Waals surface area contributed by atoms with Crippen LogP contribution in [0.3, 0.4) is 0 Å². The van der Waals surface area contributed by atoms with Gasteiger partial charge in [-0.3, -0.25) is 4.79 Å². The molecule has 2 atom stereocenters. The highest BCUT2D eigenvalue weighted by Gasteiger charge is 2.39. The fraction of sp³-hybridized carbons (Fsp3) is 0.435. The molecular formula is C23H31N3O3S. The minimum Gasteiger partial charge on any atom is -0.353 e. The predicted molar refractivity (Wildman–Crippen MR) is 119 cm³/mol. The van der Waals surface area contributed by atoms with E-state index in [1.54, 1.807) is 24.3 Å². The number of amides is 1. The number of aryl methyl sites for hydroxylation is 1. The Kier molecular flexibility index (Phi) is 7.28. The van der Waals surface area contributed by atoms with Crippen molar-refractivity contribution in [2.75, 3.05) is 27.2 Å². The normalized spacial score (nSPS) is 18.5. The lowest BCUT2D eigenvalue weighted by Gasteiger charge is -2.27. The van der Waals surface area contributed by atoms with E-state index in [0.717, 1.165) is 12.0 Å². The molecule has 0 bridgehead atoms. The van der Waals surface area contributed by atoms with Crippen molar-refractivity contribution in [3.63, 3.8) is 0 Å². The van der Waals surface area contributed by atoms with E-state index in [4.69, 9.17) is 0 Å². The highest BCUT2D eigenvalue weighted by atomic mass is 32.2. The monoisotopic (exact) mass is 429 g/mol. The van der Waals surface area contributed by atoms with E-state index in [9.17, 15) is 13.2 Å². The number of nitrogens with one attached hydrogen (secondary N) is 1. The van der Waals surface area contributed by atoms with Crippen molar-refractivity contribution in [1.82, 2.24) is 14.5 Å². The molecule has 1 aliphatic rings. The van der Waals surface area contributed by atoms with Gasteiger partial charge in [0.25, 0.3) is 0 Å². The summed E-state index contributed by atoms with van der Waals surface area (Å²) in [5, 5.41) is 3.00. The molecule has 0 spiro atoms. The zero-order valence-corrected chi connectivity index (χ0v) is 18.7. The molecule has 1 unspecified atom stereocenters. The number of hydrogen-bond donors (Lipinski definition) is 1. The Morgan fingerprint density at radius 2 is 1.80 bits per heavy atom. The number of hydrogen-bond acceptors (Lipinski definition) is 4. The van der Waals surface area contributed by atoms with Crippen LogP contribution in [0.4, 0.5) is 0 Å². The molecule has 1 saturated heterocycles. The summed E-state index contributed by atoms with van der Waals surface area (Å²) in [6.45, 7) is 2.75. The molecule has 2 aromatic carbocycles. The van der Waals surface area contributed by atoms with Crippen LogP contribution in [0.15, 0.2) is 59.5 Å². The first-order chi connectivity index (χ1) is 14.3. The van der Waals surface area contributed by atoms with Crippen molar-refractivity contribution in [3.8, 4) is 0 Å². The molecule has 30 heavy (non-hydrogen) atoms. The largest absolute Gasteiger partial charge is 0.353 e. The van der Waals surface area contributed by atoms with Gasteiger partial charge in [-0.1, -0.05) is 48.0 Å². The summed E-state index contributed by atoms with van der Waals surface area (Å²) in [7, 11) is 0.288. The number of carbonyl (C=O) groups excluding carboxylic acids is 1. The SMILES string of the molecule is Cc1ccc(S(=O)(=O)N2CCC[C@H]2C(=O)NCC(Cc2ccccc2)N(C)C)cc1. The van der Waals surface area contributed by atoms with Crippen molar-refractivity contribution in [3.05, 3.63) is 65.7 Å². The number of likely N-dealkylation sites (N-methyl/N-ethyl adjacent to an activating group) is 1. The molecule has 1 aliphatic heterocycles. The Labute approximate surface area is 179 Å². The second-order valence-electron chi connectivity index (χ2n) is 8.14. The maximum Gasteiger partial charge on any atom is 0.243 e. The van der Waals surface area contributed by atoms with Crippen LogP contribution in [0.2, 0.25) is 0 Å². The van der Waals surface area contributed by atoms with Crippen molar-refractivity contribution >= 4 is 15.9 Å². The molecule has 0 aromatic heterocycles. The Morgan fingerprint density at radius 3 is 2.43 bits per heavy atom. The summed E-state index contributed by atoms with van der Waals surface area (Å²) in [4.78, 5) is 15.3. The molecule has 0 aliphatic carbocycles. The van der Waals surface area contributed by atoms with Gasteiger partial charge in [-0.2, -0.15) is 4.31 Å². The van der Waals surface area contributed by atoms with Gasteiger partial charge in [0.05, 0.1) is 4.90 Å². The van der Waals surface area contributed by atoms with Gasteiger partial charge in [0.15, 0.2) is 0 Å². The van der Waals surface area contributed by atoms with E-state index in [-0.39, 0.29) is 16.8 Å². The Balaban J connectivity index is 1.67. The van der Waals surface area contributed by atoms with Crippen molar-refractivity contribution < 1.29 is 13.2 Å². The average molecular weight is 430 g/mol. The number of nitrogens with zero attached hydrogens (tertiary/aromatic N) is 2. The van der Waals surface area contributed by atoms with Crippen LogP contribution in [0, 0.1) is 6.92 Å². The van der Waals surface area contributed by atoms with E-state index >= 15 is 0 Å². The molecule has 1 N–H and O–H groups in total. The lowest BCUT2D eigenvalue weighted by molar-refractivity contribution is -0.124. The molecule has 7 heteroatoms. The molecular weight excluding hydrogens is 398 g/mol. The van der Waals surface area contributed by atoms with Crippen LogP contribution in [0.25, 0.3) is 0 Å². The van der Waals surface area contributed by atoms with E-state index in [0.29, 0.717) is 25.9 Å². The summed E-state index contributed by atoms with van der Waals surface area (Å²) in [6, 6.07) is 16.4. The third-order valence-electron chi connectivity index (χ3n) is 5.69. The zero-order chi connectivity index (χ0) is 21.7. The Bertz CT molecular complexity index is 943. The molecule has 2 aromatic rings. The van der Waals surface area contributed by atoms with Gasteiger partial charge in [0, 0.05) is 19.1 Å². The van der Waals surface area contributed by atoms with Gasteiger partial charge in [-0.25, -0.2) is 8.42 Å². The first kappa shape index (κ1) is 22.5. The maximum absolute atomic E-state index is 13.1. The summed E-state index contributed by atoms with van der Waals surface area (Å²) in [5.41, 5.74) is 2.20. The van der Waals surface area contributed by atoms with Gasteiger partial charge in [-0.05, 0) is 58.0 Å². The highest BCUT2D eigenvalue weighted by molar-refractivity contribution is 7.89. The maximum atomic E-state index is 13.1. The van der Waals surface area contributed by atoms with Gasteiger partial charge >= 0.3 is 0 Å². The molecule has 0 saturated carbocycles. The van der Waals surface area contributed by atoms with Crippen LogP contribution in [0.5, 0.6) is 0 Å². The lowest BCUT2D eigenvalue weighted by atomic mass is 10.0. The number of rotatable bonds is 8. The lowest BCUT2D eigenvalue weighted by Crippen LogP contribution is -2.49. The molecule has 1 fully saturated rings. The summed E-state index contributed by atoms with van der Waals surface area (Å²) < 4.78 is 27.5. The topological polar surface area (TPSA) is 69.7 Å². The van der Waals surface area contributed by atoms with Crippen LogP contribution in [-0.4, -0.2) is 62.8 Å². The zero-order valence-electron chi connectivity index (χ0n) is 17.9. The number of sulfonamides is 1. The first-order valence-corrected chi connectivity index (χ1v) is 11.8. The minimum absolute atomic E-state index is 0.125. The quantitative estimate of drug-likeness (QED) is 0.700. The highest BCUT2D eigenvalue weighted by Crippen LogP contribution is 2.26. The molecule has 6 nitrogen and oxygen atoms in total. The Hall–Kier alpha value is -2.22. The first-order valence-electron chi connectivity index (χ1n) is 10.4. The molecule has 162 valence electrons. The van der Waals surface area contributed by atoms with Crippen LogP contribution in [0.1, 0.15) is 24.0 Å². The minimum atomic E-state index is -3.69. The van der Waals surface area contributed by atoms with Crippen LogP contribution >= 0.6 is 0 Å². The molecule has 1 heterocycles. The fourth-order valence-electron chi connectivity index (χ4n) is 3.80. The fourth-order valence-corrected chi connectivity index (χ4v) is 5.45. The van der Waals surface area contributed by atoms with Gasteiger partial charge in [0.2, 0.25) is 15.9 Å². The van der Waals surface area contributed by atoms with Crippen molar-refractivity contribution in [1.29, 1.82) is 0 Å². The molecule has 3 rings (SSSR count). The average Bonchev–Trinajstić information content (AvgIpc) is 3.23. The summed E-state index contributed by atoms with van der Waals surface area (Å²) in [6.07, 6.45) is 2.04. The standard InChI is InChI=1S/C23H31N3O3S/c1-18-11-13-21(14-12-18)30(28,29)26-15-7-10-22(26)23(27)24-17-20(25(2)3)16-19-8-5-4-6-9-19/h4-6,8-9,11-14,20,22H,7,10,15-17H2,1-3H3,(H,24,27)/t20?,22-/m0/s1. The van der Waals surface area contributed by atoms with E-state index in [2.05, 4.69) is 22.3 Å². The summed E-state index contributed by atoms with van der Waals surface area (Å²) >= 11 is 0. The smallest absolute Gasteiger partial charge is 0.243 e. The van der Waals surface area contributed by atoms with E-state index < -0.39 is 16.1 Å². The van der Waals surface area contributed by atoms with Gasteiger partial charge < -0.3 is 10.2 Å². The van der Waals surface area contributed by atoms with Gasteiger partial charge in [0.1, 0.15) is 6.04 Å². The van der Waals surface area contributed by atoms with Gasteiger partial charge in [-0.15, -0.1) is 0 Å². The Morgan fingerprint density at radius 1 is 1.13 bits per heavy atom. The summed E-state index contributed by atoms with van der Waals surface area (Å²) in [5.74, 6) is -0.219.